The fourth-order valence-electron chi connectivity index (χ4n) is 2.63. The molecule has 3 rings (SSSR count). The van der Waals surface area contributed by atoms with Gasteiger partial charge >= 0.3 is 0 Å². The van der Waals surface area contributed by atoms with E-state index in [0.29, 0.717) is 29.5 Å². The molecule has 1 fully saturated rings. The van der Waals surface area contributed by atoms with E-state index in [0.717, 1.165) is 12.2 Å². The minimum absolute atomic E-state index is 0.0547. The predicted molar refractivity (Wildman–Crippen MR) is 97.9 cm³/mol. The van der Waals surface area contributed by atoms with E-state index < -0.39 is 0 Å². The van der Waals surface area contributed by atoms with Gasteiger partial charge in [0.1, 0.15) is 5.75 Å². The number of hydrogen-bond donors (Lipinski definition) is 2. The minimum Gasteiger partial charge on any atom is -0.494 e. The van der Waals surface area contributed by atoms with Gasteiger partial charge in [0.15, 0.2) is 0 Å². The highest BCUT2D eigenvalue weighted by Crippen LogP contribution is 2.38. The fourth-order valence-corrected chi connectivity index (χ4v) is 2.63. The molecule has 1 aliphatic rings. The molecule has 0 spiro atoms. The lowest BCUT2D eigenvalue weighted by molar-refractivity contribution is -0.117. The van der Waals surface area contributed by atoms with Crippen LogP contribution in [0, 0.1) is 11.8 Å². The Balaban J connectivity index is 1.57. The molecule has 5 nitrogen and oxygen atoms in total. The van der Waals surface area contributed by atoms with Crippen LogP contribution < -0.4 is 15.4 Å². The Labute approximate surface area is 147 Å². The molecule has 1 aliphatic carbocycles. The number of benzene rings is 2. The molecule has 130 valence electrons. The zero-order chi connectivity index (χ0) is 17.8. The number of carbonyl (C=O) groups is 2. The first-order valence-corrected chi connectivity index (χ1v) is 8.52. The largest absolute Gasteiger partial charge is 0.494 e. The van der Waals surface area contributed by atoms with E-state index in [2.05, 4.69) is 17.6 Å². The molecule has 0 radical (unpaired) electrons. The van der Waals surface area contributed by atoms with Crippen molar-refractivity contribution in [2.75, 3.05) is 17.2 Å². The molecule has 2 unspecified atom stereocenters. The smallest absolute Gasteiger partial charge is 0.255 e. The Kier molecular flexibility index (Phi) is 5.03. The van der Waals surface area contributed by atoms with E-state index in [1.165, 1.54) is 0 Å². The molecule has 25 heavy (non-hydrogen) atoms. The van der Waals surface area contributed by atoms with Gasteiger partial charge in [-0.25, -0.2) is 0 Å². The lowest BCUT2D eigenvalue weighted by Gasteiger charge is -2.08. The summed E-state index contributed by atoms with van der Waals surface area (Å²) in [6.07, 6.45) is 0.953. The van der Waals surface area contributed by atoms with Crippen molar-refractivity contribution in [3.8, 4) is 5.75 Å². The van der Waals surface area contributed by atoms with E-state index in [1.807, 2.05) is 19.1 Å². The van der Waals surface area contributed by atoms with E-state index in [4.69, 9.17) is 4.74 Å². The summed E-state index contributed by atoms with van der Waals surface area (Å²) in [5.74, 6) is 1.23. The Bertz CT molecular complexity index is 754. The molecule has 5 heteroatoms. The molecule has 2 N–H and O–H groups in total. The van der Waals surface area contributed by atoms with Crippen molar-refractivity contribution >= 4 is 23.2 Å². The molecular formula is C20H22N2O3. The summed E-state index contributed by atoms with van der Waals surface area (Å²) in [6.45, 7) is 4.60. The summed E-state index contributed by atoms with van der Waals surface area (Å²) < 4.78 is 5.38. The molecule has 0 aliphatic heterocycles. The predicted octanol–water partition coefficient (Wildman–Crippen LogP) is 3.93. The maximum atomic E-state index is 12.3. The van der Waals surface area contributed by atoms with Crippen molar-refractivity contribution < 1.29 is 14.3 Å². The Hall–Kier alpha value is -2.82. The monoisotopic (exact) mass is 338 g/mol. The number of carbonyl (C=O) groups excluding carboxylic acids is 2. The van der Waals surface area contributed by atoms with E-state index in [-0.39, 0.29) is 17.7 Å². The number of amides is 2. The van der Waals surface area contributed by atoms with Crippen molar-refractivity contribution in [2.24, 2.45) is 11.8 Å². The van der Waals surface area contributed by atoms with Gasteiger partial charge in [0.25, 0.3) is 5.91 Å². The average molecular weight is 338 g/mol. The maximum absolute atomic E-state index is 12.3. The van der Waals surface area contributed by atoms with Crippen LogP contribution >= 0.6 is 0 Å². The first-order chi connectivity index (χ1) is 12.1. The van der Waals surface area contributed by atoms with Crippen LogP contribution in [-0.2, 0) is 4.79 Å². The van der Waals surface area contributed by atoms with Crippen LogP contribution in [0.4, 0.5) is 11.4 Å². The van der Waals surface area contributed by atoms with Crippen molar-refractivity contribution in [1.82, 2.24) is 0 Å². The fraction of sp³-hybridized carbons (Fsp3) is 0.300. The second-order valence-electron chi connectivity index (χ2n) is 6.30. The summed E-state index contributed by atoms with van der Waals surface area (Å²) in [5.41, 5.74) is 1.95. The zero-order valence-electron chi connectivity index (χ0n) is 14.4. The standard InChI is InChI=1S/C20H22N2O3/c1-3-25-17-10-8-16(9-11-17)21-19(23)14-4-6-15(7-5-14)22-20(24)18-12-13(18)2/h4-11,13,18H,3,12H2,1-2H3,(H,21,23)(H,22,24). The lowest BCUT2D eigenvalue weighted by Crippen LogP contribution is -2.15. The van der Waals surface area contributed by atoms with Crippen LogP contribution in [-0.4, -0.2) is 18.4 Å². The maximum Gasteiger partial charge on any atom is 0.255 e. The topological polar surface area (TPSA) is 67.4 Å². The van der Waals surface area contributed by atoms with Gasteiger partial charge in [-0.3, -0.25) is 9.59 Å². The minimum atomic E-state index is -0.196. The average Bonchev–Trinajstić information content (AvgIpc) is 3.34. The molecular weight excluding hydrogens is 316 g/mol. The molecule has 0 aromatic heterocycles. The van der Waals surface area contributed by atoms with Gasteiger partial charge in [0, 0.05) is 22.9 Å². The summed E-state index contributed by atoms with van der Waals surface area (Å²) in [7, 11) is 0. The third kappa shape index (κ3) is 4.38. The van der Waals surface area contributed by atoms with Gasteiger partial charge < -0.3 is 15.4 Å². The van der Waals surface area contributed by atoms with Crippen LogP contribution in [0.15, 0.2) is 48.5 Å². The van der Waals surface area contributed by atoms with Gasteiger partial charge in [-0.2, -0.15) is 0 Å². The highest BCUT2D eigenvalue weighted by molar-refractivity contribution is 6.04. The van der Waals surface area contributed by atoms with E-state index >= 15 is 0 Å². The highest BCUT2D eigenvalue weighted by atomic mass is 16.5. The molecule has 2 aromatic carbocycles. The first-order valence-electron chi connectivity index (χ1n) is 8.52. The Morgan fingerprint density at radius 1 is 1.00 bits per heavy atom. The van der Waals surface area contributed by atoms with Gasteiger partial charge in [0.05, 0.1) is 6.61 Å². The van der Waals surface area contributed by atoms with Crippen LogP contribution in [0.1, 0.15) is 30.6 Å². The van der Waals surface area contributed by atoms with Gasteiger partial charge in [-0.1, -0.05) is 6.92 Å². The number of ether oxygens (including phenoxy) is 1. The second-order valence-corrected chi connectivity index (χ2v) is 6.30. The van der Waals surface area contributed by atoms with Crippen LogP contribution in [0.25, 0.3) is 0 Å². The quantitative estimate of drug-likeness (QED) is 0.838. The Morgan fingerprint density at radius 2 is 1.56 bits per heavy atom. The number of hydrogen-bond acceptors (Lipinski definition) is 3. The van der Waals surface area contributed by atoms with E-state index in [1.54, 1.807) is 36.4 Å². The molecule has 2 amide bonds. The SMILES string of the molecule is CCOc1ccc(NC(=O)c2ccc(NC(=O)C3CC3C)cc2)cc1. The van der Waals surface area contributed by atoms with Crippen LogP contribution in [0.2, 0.25) is 0 Å². The summed E-state index contributed by atoms with van der Waals surface area (Å²) >= 11 is 0. The lowest BCUT2D eigenvalue weighted by atomic mass is 10.2. The first kappa shape index (κ1) is 17.0. The molecule has 1 saturated carbocycles. The normalized spacial score (nSPS) is 18.3. The third-order valence-electron chi connectivity index (χ3n) is 4.28. The Morgan fingerprint density at radius 3 is 2.12 bits per heavy atom. The zero-order valence-corrected chi connectivity index (χ0v) is 14.4. The van der Waals surface area contributed by atoms with Crippen LogP contribution in [0.3, 0.4) is 0 Å². The van der Waals surface area contributed by atoms with Crippen molar-refractivity contribution in [3.05, 3.63) is 54.1 Å². The second kappa shape index (κ2) is 7.38. The van der Waals surface area contributed by atoms with Gasteiger partial charge in [-0.05, 0) is 67.8 Å². The summed E-state index contributed by atoms with van der Waals surface area (Å²) in [4.78, 5) is 24.2. The molecule has 2 aromatic rings. The van der Waals surface area contributed by atoms with Gasteiger partial charge in [0.2, 0.25) is 5.91 Å². The molecule has 0 bridgehead atoms. The number of nitrogens with one attached hydrogen (secondary N) is 2. The van der Waals surface area contributed by atoms with Gasteiger partial charge in [-0.15, -0.1) is 0 Å². The number of rotatable bonds is 6. The van der Waals surface area contributed by atoms with Crippen molar-refractivity contribution in [3.63, 3.8) is 0 Å². The third-order valence-corrected chi connectivity index (χ3v) is 4.28. The summed E-state index contributed by atoms with van der Waals surface area (Å²) in [5, 5.41) is 5.72. The van der Waals surface area contributed by atoms with E-state index in [9.17, 15) is 9.59 Å². The molecule has 2 atom stereocenters. The highest BCUT2D eigenvalue weighted by Gasteiger charge is 2.39. The van der Waals surface area contributed by atoms with Crippen molar-refractivity contribution in [2.45, 2.75) is 20.3 Å². The molecule has 0 saturated heterocycles. The number of anilines is 2. The summed E-state index contributed by atoms with van der Waals surface area (Å²) in [6, 6.07) is 14.1. The van der Waals surface area contributed by atoms with Crippen LogP contribution in [0.5, 0.6) is 5.75 Å². The van der Waals surface area contributed by atoms with Crippen molar-refractivity contribution in [1.29, 1.82) is 0 Å². The molecule has 0 heterocycles.